The SMILES string of the molecule is CCc1ncn(CC)c1CO. The lowest BCUT2D eigenvalue weighted by Crippen LogP contribution is -2.01. The molecule has 0 aliphatic heterocycles. The number of rotatable bonds is 3. The van der Waals surface area contributed by atoms with Crippen molar-refractivity contribution in [2.45, 2.75) is 33.4 Å². The van der Waals surface area contributed by atoms with Crippen molar-refractivity contribution in [1.82, 2.24) is 9.55 Å². The second-order valence-electron chi connectivity index (χ2n) is 2.44. The monoisotopic (exact) mass is 154 g/mol. The first kappa shape index (κ1) is 8.27. The van der Waals surface area contributed by atoms with E-state index in [2.05, 4.69) is 4.98 Å². The molecular weight excluding hydrogens is 140 g/mol. The molecule has 0 aliphatic rings. The third-order valence-corrected chi connectivity index (χ3v) is 1.86. The minimum atomic E-state index is 0.0943. The fourth-order valence-corrected chi connectivity index (χ4v) is 1.20. The molecule has 1 heterocycles. The van der Waals surface area contributed by atoms with Crippen LogP contribution in [0.1, 0.15) is 25.2 Å². The smallest absolute Gasteiger partial charge is 0.0952 e. The van der Waals surface area contributed by atoms with Gasteiger partial charge in [0.05, 0.1) is 24.3 Å². The highest BCUT2D eigenvalue weighted by Crippen LogP contribution is 2.07. The summed E-state index contributed by atoms with van der Waals surface area (Å²) in [6.07, 6.45) is 2.67. The standard InChI is InChI=1S/C8H14N2O/c1-3-7-8(5-11)10(4-2)6-9-7/h6,11H,3-5H2,1-2H3. The third-order valence-electron chi connectivity index (χ3n) is 1.86. The van der Waals surface area contributed by atoms with Gasteiger partial charge in [0.15, 0.2) is 0 Å². The maximum absolute atomic E-state index is 8.99. The molecule has 1 N–H and O–H groups in total. The predicted molar refractivity (Wildman–Crippen MR) is 43.2 cm³/mol. The Labute approximate surface area is 66.7 Å². The van der Waals surface area contributed by atoms with E-state index < -0.39 is 0 Å². The van der Waals surface area contributed by atoms with Crippen molar-refractivity contribution in [3.63, 3.8) is 0 Å². The van der Waals surface area contributed by atoms with Crippen LogP contribution in [0.3, 0.4) is 0 Å². The zero-order valence-electron chi connectivity index (χ0n) is 7.04. The Morgan fingerprint density at radius 2 is 2.27 bits per heavy atom. The molecule has 1 aromatic rings. The molecule has 62 valence electrons. The molecule has 0 spiro atoms. The Bertz CT molecular complexity index is 208. The molecule has 0 radical (unpaired) electrons. The number of aliphatic hydroxyl groups is 1. The van der Waals surface area contributed by atoms with Crippen LogP contribution in [0.15, 0.2) is 6.33 Å². The molecule has 1 aromatic heterocycles. The minimum Gasteiger partial charge on any atom is -0.390 e. The van der Waals surface area contributed by atoms with E-state index in [0.29, 0.717) is 0 Å². The van der Waals surface area contributed by atoms with Gasteiger partial charge in [-0.15, -0.1) is 0 Å². The second-order valence-corrected chi connectivity index (χ2v) is 2.44. The van der Waals surface area contributed by atoms with Crippen LogP contribution in [0.5, 0.6) is 0 Å². The van der Waals surface area contributed by atoms with Crippen LogP contribution in [0.4, 0.5) is 0 Å². The summed E-state index contributed by atoms with van der Waals surface area (Å²) < 4.78 is 1.97. The van der Waals surface area contributed by atoms with Crippen LogP contribution in [0.2, 0.25) is 0 Å². The summed E-state index contributed by atoms with van der Waals surface area (Å²) in [5, 5.41) is 8.99. The number of aryl methyl sites for hydroxylation is 2. The van der Waals surface area contributed by atoms with E-state index in [1.807, 2.05) is 18.4 Å². The minimum absolute atomic E-state index is 0.0943. The molecule has 0 aromatic carbocycles. The van der Waals surface area contributed by atoms with Gasteiger partial charge < -0.3 is 9.67 Å². The summed E-state index contributed by atoms with van der Waals surface area (Å²) in [6.45, 7) is 5.06. The average Bonchev–Trinajstić information content (AvgIpc) is 2.45. The lowest BCUT2D eigenvalue weighted by Gasteiger charge is -2.02. The lowest BCUT2D eigenvalue weighted by molar-refractivity contribution is 0.270. The molecule has 0 fully saturated rings. The number of aliphatic hydroxyl groups excluding tert-OH is 1. The Hall–Kier alpha value is -0.830. The number of hydrogen-bond acceptors (Lipinski definition) is 2. The summed E-state index contributed by atoms with van der Waals surface area (Å²) in [5.41, 5.74) is 1.96. The molecule has 0 bridgehead atoms. The van der Waals surface area contributed by atoms with Gasteiger partial charge in [-0.25, -0.2) is 4.98 Å². The highest BCUT2D eigenvalue weighted by molar-refractivity contribution is 5.11. The summed E-state index contributed by atoms with van der Waals surface area (Å²) in [6, 6.07) is 0. The summed E-state index contributed by atoms with van der Waals surface area (Å²) in [5.74, 6) is 0. The van der Waals surface area contributed by atoms with E-state index >= 15 is 0 Å². The number of hydrogen-bond donors (Lipinski definition) is 1. The summed E-state index contributed by atoms with van der Waals surface area (Å²) in [7, 11) is 0. The molecule has 0 unspecified atom stereocenters. The molecule has 0 saturated heterocycles. The largest absolute Gasteiger partial charge is 0.390 e. The zero-order chi connectivity index (χ0) is 8.27. The van der Waals surface area contributed by atoms with Crippen molar-refractivity contribution in [2.24, 2.45) is 0 Å². The molecule has 1 rings (SSSR count). The van der Waals surface area contributed by atoms with E-state index in [-0.39, 0.29) is 6.61 Å². The first-order valence-corrected chi connectivity index (χ1v) is 3.97. The number of imidazole rings is 1. The van der Waals surface area contributed by atoms with Gasteiger partial charge in [-0.3, -0.25) is 0 Å². The Morgan fingerprint density at radius 1 is 1.55 bits per heavy atom. The molecule has 3 nitrogen and oxygen atoms in total. The van der Waals surface area contributed by atoms with E-state index in [1.54, 1.807) is 6.33 Å². The summed E-state index contributed by atoms with van der Waals surface area (Å²) >= 11 is 0. The van der Waals surface area contributed by atoms with Gasteiger partial charge in [0.2, 0.25) is 0 Å². The van der Waals surface area contributed by atoms with Crippen molar-refractivity contribution in [2.75, 3.05) is 0 Å². The van der Waals surface area contributed by atoms with Crippen molar-refractivity contribution < 1.29 is 5.11 Å². The van der Waals surface area contributed by atoms with Crippen molar-refractivity contribution in [3.8, 4) is 0 Å². The number of nitrogens with zero attached hydrogens (tertiary/aromatic N) is 2. The Balaban J connectivity index is 2.99. The van der Waals surface area contributed by atoms with Crippen LogP contribution in [0, 0.1) is 0 Å². The van der Waals surface area contributed by atoms with Crippen molar-refractivity contribution >= 4 is 0 Å². The highest BCUT2D eigenvalue weighted by atomic mass is 16.3. The predicted octanol–water partition coefficient (Wildman–Crippen LogP) is 0.958. The first-order chi connectivity index (χ1) is 5.33. The van der Waals surface area contributed by atoms with Gasteiger partial charge in [-0.2, -0.15) is 0 Å². The zero-order valence-corrected chi connectivity index (χ0v) is 7.04. The molecule has 11 heavy (non-hydrogen) atoms. The second kappa shape index (κ2) is 3.53. The normalized spacial score (nSPS) is 10.5. The van der Waals surface area contributed by atoms with Gasteiger partial charge in [0, 0.05) is 6.54 Å². The third kappa shape index (κ3) is 1.43. The van der Waals surface area contributed by atoms with Crippen LogP contribution >= 0.6 is 0 Å². The van der Waals surface area contributed by atoms with Crippen LogP contribution < -0.4 is 0 Å². The summed E-state index contributed by atoms with van der Waals surface area (Å²) in [4.78, 5) is 4.18. The van der Waals surface area contributed by atoms with E-state index in [4.69, 9.17) is 5.11 Å². The molecule has 0 atom stereocenters. The fourth-order valence-electron chi connectivity index (χ4n) is 1.20. The van der Waals surface area contributed by atoms with Crippen LogP contribution in [-0.4, -0.2) is 14.7 Å². The quantitative estimate of drug-likeness (QED) is 0.704. The van der Waals surface area contributed by atoms with Gasteiger partial charge >= 0.3 is 0 Å². The molecule has 0 aliphatic carbocycles. The maximum Gasteiger partial charge on any atom is 0.0952 e. The van der Waals surface area contributed by atoms with Crippen LogP contribution in [-0.2, 0) is 19.6 Å². The molecule has 3 heteroatoms. The fraction of sp³-hybridized carbons (Fsp3) is 0.625. The Morgan fingerprint density at radius 3 is 2.73 bits per heavy atom. The van der Waals surface area contributed by atoms with E-state index in [0.717, 1.165) is 24.4 Å². The Kier molecular flexibility index (Phi) is 2.65. The maximum atomic E-state index is 8.99. The molecule has 0 amide bonds. The molecular formula is C8H14N2O. The highest BCUT2D eigenvalue weighted by Gasteiger charge is 2.05. The van der Waals surface area contributed by atoms with Gasteiger partial charge in [0.1, 0.15) is 0 Å². The van der Waals surface area contributed by atoms with Gasteiger partial charge in [0.25, 0.3) is 0 Å². The average molecular weight is 154 g/mol. The van der Waals surface area contributed by atoms with Gasteiger partial charge in [-0.05, 0) is 13.3 Å². The number of aromatic nitrogens is 2. The van der Waals surface area contributed by atoms with E-state index in [9.17, 15) is 0 Å². The van der Waals surface area contributed by atoms with Gasteiger partial charge in [-0.1, -0.05) is 6.92 Å². The van der Waals surface area contributed by atoms with Crippen molar-refractivity contribution in [1.29, 1.82) is 0 Å². The first-order valence-electron chi connectivity index (χ1n) is 3.97. The topological polar surface area (TPSA) is 38.0 Å². The van der Waals surface area contributed by atoms with Crippen molar-refractivity contribution in [3.05, 3.63) is 17.7 Å². The van der Waals surface area contributed by atoms with E-state index in [1.165, 1.54) is 0 Å². The van der Waals surface area contributed by atoms with Crippen LogP contribution in [0.25, 0.3) is 0 Å². The lowest BCUT2D eigenvalue weighted by atomic mass is 10.3. The molecule has 0 saturated carbocycles.